The fraction of sp³-hybridized carbons (Fsp3) is 0.188. The monoisotopic (exact) mass is 332 g/mol. The van der Waals surface area contributed by atoms with Crippen LogP contribution in [0.25, 0.3) is 21.6 Å². The maximum Gasteiger partial charge on any atom is 0.339 e. The van der Waals surface area contributed by atoms with Gasteiger partial charge in [-0.25, -0.2) is 14.8 Å². The Morgan fingerprint density at radius 3 is 2.82 bits per heavy atom. The van der Waals surface area contributed by atoms with Crippen molar-refractivity contribution >= 4 is 39.1 Å². The molecule has 0 radical (unpaired) electrons. The summed E-state index contributed by atoms with van der Waals surface area (Å²) in [4.78, 5) is 21.5. The summed E-state index contributed by atoms with van der Waals surface area (Å²) in [6.07, 6.45) is 0. The average molecular weight is 333 g/mol. The van der Waals surface area contributed by atoms with Gasteiger partial charge in [-0.15, -0.1) is 11.3 Å². The molecular weight excluding hydrogens is 320 g/mol. The summed E-state index contributed by atoms with van der Waals surface area (Å²) < 4.78 is 5.04. The van der Waals surface area contributed by atoms with Gasteiger partial charge in [0.15, 0.2) is 5.82 Å². The molecule has 0 unspecified atom stereocenters. The summed E-state index contributed by atoms with van der Waals surface area (Å²) in [6.45, 7) is 4.08. The molecule has 0 bridgehead atoms. The first-order valence-electron chi connectivity index (χ1n) is 6.79. The summed E-state index contributed by atoms with van der Waals surface area (Å²) in [5.41, 5.74) is 2.42. The van der Waals surface area contributed by atoms with Gasteiger partial charge in [0.05, 0.1) is 17.6 Å². The van der Waals surface area contributed by atoms with Crippen molar-refractivity contribution in [3.05, 3.63) is 45.9 Å². The molecule has 2 heterocycles. The largest absolute Gasteiger partial charge is 0.462 e. The number of aromatic nitrogens is 2. The van der Waals surface area contributed by atoms with E-state index in [4.69, 9.17) is 16.3 Å². The lowest BCUT2D eigenvalue weighted by Gasteiger charge is -2.06. The zero-order valence-corrected chi connectivity index (χ0v) is 13.7. The Morgan fingerprint density at radius 1 is 1.32 bits per heavy atom. The van der Waals surface area contributed by atoms with Crippen LogP contribution in [0, 0.1) is 6.92 Å². The maximum atomic E-state index is 12.0. The molecule has 22 heavy (non-hydrogen) atoms. The Morgan fingerprint density at radius 2 is 2.09 bits per heavy atom. The number of hydrogen-bond donors (Lipinski definition) is 0. The van der Waals surface area contributed by atoms with Crippen molar-refractivity contribution in [1.82, 2.24) is 9.97 Å². The Hall–Kier alpha value is -1.98. The van der Waals surface area contributed by atoms with Crippen LogP contribution in [0.3, 0.4) is 0 Å². The molecule has 0 spiro atoms. The van der Waals surface area contributed by atoms with Crippen LogP contribution in [-0.2, 0) is 4.74 Å². The smallest absolute Gasteiger partial charge is 0.339 e. The molecule has 4 nitrogen and oxygen atoms in total. The number of aryl methyl sites for hydroxylation is 1. The molecular formula is C16H13ClN2O2S. The molecule has 0 atom stereocenters. The van der Waals surface area contributed by atoms with Gasteiger partial charge in [-0.1, -0.05) is 35.9 Å². The number of hydrogen-bond acceptors (Lipinski definition) is 5. The molecule has 1 aromatic carbocycles. The van der Waals surface area contributed by atoms with Crippen molar-refractivity contribution in [2.24, 2.45) is 0 Å². The summed E-state index contributed by atoms with van der Waals surface area (Å²) in [7, 11) is 0. The first-order chi connectivity index (χ1) is 10.6. The van der Waals surface area contributed by atoms with Crippen molar-refractivity contribution in [2.75, 3.05) is 6.61 Å². The third-order valence-electron chi connectivity index (χ3n) is 3.27. The first kappa shape index (κ1) is 14.9. The van der Waals surface area contributed by atoms with E-state index in [0.29, 0.717) is 28.2 Å². The van der Waals surface area contributed by atoms with E-state index in [9.17, 15) is 4.79 Å². The van der Waals surface area contributed by atoms with Gasteiger partial charge < -0.3 is 4.74 Å². The highest BCUT2D eigenvalue weighted by Gasteiger charge is 2.19. The van der Waals surface area contributed by atoms with E-state index in [0.717, 1.165) is 11.1 Å². The number of fused-ring (bicyclic) bond motifs is 1. The molecule has 2 aromatic heterocycles. The number of carbonyl (C=O) groups excluding carboxylic acids is 1. The predicted octanol–water partition coefficient (Wildman–Crippen LogP) is 4.50. The van der Waals surface area contributed by atoms with E-state index in [1.54, 1.807) is 12.3 Å². The highest BCUT2D eigenvalue weighted by atomic mass is 35.5. The molecule has 0 aliphatic heterocycles. The van der Waals surface area contributed by atoms with Crippen LogP contribution >= 0.6 is 22.9 Å². The Kier molecular flexibility index (Phi) is 4.09. The lowest BCUT2D eigenvalue weighted by Crippen LogP contribution is -2.04. The van der Waals surface area contributed by atoms with Gasteiger partial charge in [0.2, 0.25) is 0 Å². The lowest BCUT2D eigenvalue weighted by molar-refractivity contribution is 0.0529. The van der Waals surface area contributed by atoms with Gasteiger partial charge in [0.1, 0.15) is 9.98 Å². The van der Waals surface area contributed by atoms with Crippen LogP contribution < -0.4 is 0 Å². The molecule has 0 amide bonds. The number of thiophene rings is 1. The highest BCUT2D eigenvalue weighted by Crippen LogP contribution is 2.33. The van der Waals surface area contributed by atoms with Gasteiger partial charge in [-0.3, -0.25) is 0 Å². The molecule has 0 saturated carbocycles. The highest BCUT2D eigenvalue weighted by molar-refractivity contribution is 7.17. The van der Waals surface area contributed by atoms with Crippen LogP contribution in [0.2, 0.25) is 5.15 Å². The molecule has 6 heteroatoms. The number of rotatable bonds is 3. The van der Waals surface area contributed by atoms with E-state index in [1.165, 1.54) is 11.3 Å². The molecule has 0 saturated heterocycles. The quantitative estimate of drug-likeness (QED) is 0.523. The fourth-order valence-electron chi connectivity index (χ4n) is 2.20. The van der Waals surface area contributed by atoms with E-state index in [2.05, 4.69) is 9.97 Å². The normalized spacial score (nSPS) is 10.9. The topological polar surface area (TPSA) is 52.1 Å². The molecule has 0 N–H and O–H groups in total. The molecule has 0 aliphatic carbocycles. The Bertz CT molecular complexity index is 860. The van der Waals surface area contributed by atoms with Crippen LogP contribution in [0.4, 0.5) is 0 Å². The van der Waals surface area contributed by atoms with E-state index >= 15 is 0 Å². The summed E-state index contributed by atoms with van der Waals surface area (Å²) in [6, 6.07) is 7.84. The number of ether oxygens (including phenoxy) is 1. The number of halogens is 1. The lowest BCUT2D eigenvalue weighted by atomic mass is 10.1. The first-order valence-corrected chi connectivity index (χ1v) is 8.05. The molecule has 0 aliphatic rings. The van der Waals surface area contributed by atoms with Crippen molar-refractivity contribution in [1.29, 1.82) is 0 Å². The SMILES string of the molecule is CCOC(=O)c1csc2nc(-c3ccccc3C)nc(Cl)c12. The van der Waals surface area contributed by atoms with E-state index in [-0.39, 0.29) is 5.15 Å². The average Bonchev–Trinajstić information content (AvgIpc) is 2.92. The maximum absolute atomic E-state index is 12.0. The Balaban J connectivity index is 2.16. The van der Waals surface area contributed by atoms with Gasteiger partial charge >= 0.3 is 5.97 Å². The van der Waals surface area contributed by atoms with Crippen molar-refractivity contribution in [3.63, 3.8) is 0 Å². The van der Waals surface area contributed by atoms with Crippen LogP contribution in [0.5, 0.6) is 0 Å². The molecule has 3 aromatic rings. The zero-order chi connectivity index (χ0) is 15.7. The van der Waals surface area contributed by atoms with Crippen molar-refractivity contribution in [2.45, 2.75) is 13.8 Å². The minimum absolute atomic E-state index is 0.271. The second kappa shape index (κ2) is 6.02. The third-order valence-corrected chi connectivity index (χ3v) is 4.42. The number of benzene rings is 1. The van der Waals surface area contributed by atoms with E-state index < -0.39 is 5.97 Å². The Labute approximate surface area is 136 Å². The molecule has 0 fully saturated rings. The van der Waals surface area contributed by atoms with E-state index in [1.807, 2.05) is 31.2 Å². The number of esters is 1. The molecule has 3 rings (SSSR count). The van der Waals surface area contributed by atoms with Crippen molar-refractivity contribution < 1.29 is 9.53 Å². The second-order valence-electron chi connectivity index (χ2n) is 4.70. The fourth-order valence-corrected chi connectivity index (χ4v) is 3.44. The van der Waals surface area contributed by atoms with Crippen LogP contribution in [-0.4, -0.2) is 22.5 Å². The van der Waals surface area contributed by atoms with Crippen LogP contribution in [0.1, 0.15) is 22.8 Å². The zero-order valence-electron chi connectivity index (χ0n) is 12.1. The van der Waals surface area contributed by atoms with Gasteiger partial charge in [0, 0.05) is 10.9 Å². The minimum atomic E-state index is -0.400. The van der Waals surface area contributed by atoms with Crippen LogP contribution in [0.15, 0.2) is 29.6 Å². The summed E-state index contributed by atoms with van der Waals surface area (Å²) in [5.74, 6) is 0.163. The van der Waals surface area contributed by atoms with Gasteiger partial charge in [0.25, 0.3) is 0 Å². The third kappa shape index (κ3) is 2.58. The second-order valence-corrected chi connectivity index (χ2v) is 5.92. The summed E-state index contributed by atoms with van der Waals surface area (Å²) in [5, 5.41) is 2.54. The number of carbonyl (C=O) groups is 1. The summed E-state index contributed by atoms with van der Waals surface area (Å²) >= 11 is 7.66. The standard InChI is InChI=1S/C16H13ClN2O2S/c1-3-21-16(20)11-8-22-15-12(11)13(17)18-14(19-15)10-7-5-4-6-9(10)2/h4-8H,3H2,1-2H3. The van der Waals surface area contributed by atoms with Gasteiger partial charge in [-0.05, 0) is 19.4 Å². The number of nitrogens with zero attached hydrogens (tertiary/aromatic N) is 2. The van der Waals surface area contributed by atoms with Crippen molar-refractivity contribution in [3.8, 4) is 11.4 Å². The minimum Gasteiger partial charge on any atom is -0.462 e. The predicted molar refractivity (Wildman–Crippen MR) is 88.6 cm³/mol. The van der Waals surface area contributed by atoms with Gasteiger partial charge in [-0.2, -0.15) is 0 Å². The molecule has 112 valence electrons.